The molecule has 2 amide bonds. The summed E-state index contributed by atoms with van der Waals surface area (Å²) in [6.07, 6.45) is 2.87. The van der Waals surface area contributed by atoms with Gasteiger partial charge in [-0.25, -0.2) is 0 Å². The van der Waals surface area contributed by atoms with Crippen molar-refractivity contribution in [3.05, 3.63) is 59.7 Å². The van der Waals surface area contributed by atoms with Crippen LogP contribution in [0.1, 0.15) is 42.6 Å². The molecule has 7 nitrogen and oxygen atoms in total. The Kier molecular flexibility index (Phi) is 9.37. The maximum Gasteiger partial charge on any atom is 0.325 e. The molecule has 2 aromatic carbocycles. The van der Waals surface area contributed by atoms with Crippen molar-refractivity contribution in [2.24, 2.45) is 0 Å². The van der Waals surface area contributed by atoms with E-state index in [0.717, 1.165) is 24.8 Å². The van der Waals surface area contributed by atoms with Crippen LogP contribution in [0.2, 0.25) is 0 Å². The fourth-order valence-corrected chi connectivity index (χ4v) is 2.55. The molecule has 0 saturated heterocycles. The maximum atomic E-state index is 12.1. The lowest BCUT2D eigenvalue weighted by molar-refractivity contribution is -0.146. The Hall–Kier alpha value is -3.35. The quantitative estimate of drug-likeness (QED) is 0.436. The number of ether oxygens (including phenoxy) is 2. The Morgan fingerprint density at radius 1 is 1.00 bits per heavy atom. The molecule has 0 spiro atoms. The predicted molar refractivity (Wildman–Crippen MR) is 115 cm³/mol. The van der Waals surface area contributed by atoms with E-state index >= 15 is 0 Å². The summed E-state index contributed by atoms with van der Waals surface area (Å²) in [4.78, 5) is 35.8. The Morgan fingerprint density at radius 2 is 1.77 bits per heavy atom. The number of nitrogens with one attached hydrogen (secondary N) is 2. The average Bonchev–Trinajstić information content (AvgIpc) is 2.76. The summed E-state index contributed by atoms with van der Waals surface area (Å²) >= 11 is 0. The van der Waals surface area contributed by atoms with E-state index in [-0.39, 0.29) is 6.54 Å². The van der Waals surface area contributed by atoms with E-state index in [1.54, 1.807) is 30.3 Å². The molecule has 0 aliphatic carbocycles. The molecule has 2 N–H and O–H groups in total. The fraction of sp³-hybridized carbons (Fsp3) is 0.348. The van der Waals surface area contributed by atoms with E-state index in [1.165, 1.54) is 0 Å². The SMILES string of the molecule is CCCCOc1ccc(C(=O)NCC(=O)OCC(=O)Nc2cccc(CC)c2)cc1. The molecule has 0 radical (unpaired) electrons. The summed E-state index contributed by atoms with van der Waals surface area (Å²) < 4.78 is 10.5. The number of hydrogen-bond acceptors (Lipinski definition) is 5. The molecular formula is C23H28N2O5. The van der Waals surface area contributed by atoms with Crippen molar-refractivity contribution in [3.63, 3.8) is 0 Å². The van der Waals surface area contributed by atoms with Gasteiger partial charge in [0.2, 0.25) is 0 Å². The van der Waals surface area contributed by atoms with Crippen molar-refractivity contribution < 1.29 is 23.9 Å². The number of rotatable bonds is 11. The first-order valence-corrected chi connectivity index (χ1v) is 10.1. The lowest BCUT2D eigenvalue weighted by Crippen LogP contribution is -2.32. The monoisotopic (exact) mass is 412 g/mol. The molecule has 0 atom stereocenters. The van der Waals surface area contributed by atoms with E-state index in [4.69, 9.17) is 9.47 Å². The zero-order chi connectivity index (χ0) is 21.8. The summed E-state index contributed by atoms with van der Waals surface area (Å²) in [5, 5.41) is 5.14. The van der Waals surface area contributed by atoms with Gasteiger partial charge in [-0.2, -0.15) is 0 Å². The lowest BCUT2D eigenvalue weighted by Gasteiger charge is -2.09. The smallest absolute Gasteiger partial charge is 0.325 e. The minimum absolute atomic E-state index is 0.327. The molecule has 0 aliphatic heterocycles. The molecule has 30 heavy (non-hydrogen) atoms. The third-order valence-electron chi connectivity index (χ3n) is 4.26. The molecule has 0 saturated carbocycles. The highest BCUT2D eigenvalue weighted by molar-refractivity contribution is 5.96. The van der Waals surface area contributed by atoms with Gasteiger partial charge >= 0.3 is 5.97 Å². The van der Waals surface area contributed by atoms with Crippen LogP contribution in [0, 0.1) is 0 Å². The highest BCUT2D eigenvalue weighted by Gasteiger charge is 2.11. The number of amides is 2. The Bertz CT molecular complexity index is 849. The van der Waals surface area contributed by atoms with Crippen molar-refractivity contribution in [1.82, 2.24) is 5.32 Å². The first-order chi connectivity index (χ1) is 14.5. The van der Waals surface area contributed by atoms with E-state index in [1.807, 2.05) is 25.1 Å². The third-order valence-corrected chi connectivity index (χ3v) is 4.26. The molecule has 0 aromatic heterocycles. The van der Waals surface area contributed by atoms with Crippen molar-refractivity contribution >= 4 is 23.5 Å². The highest BCUT2D eigenvalue weighted by Crippen LogP contribution is 2.13. The van der Waals surface area contributed by atoms with Crippen LogP contribution in [0.4, 0.5) is 5.69 Å². The van der Waals surface area contributed by atoms with Crippen molar-refractivity contribution in [2.75, 3.05) is 25.1 Å². The topological polar surface area (TPSA) is 93.7 Å². The molecule has 0 bridgehead atoms. The largest absolute Gasteiger partial charge is 0.494 e. The number of unbranched alkanes of at least 4 members (excludes halogenated alkanes) is 1. The molecule has 0 fully saturated rings. The van der Waals surface area contributed by atoms with E-state index < -0.39 is 24.4 Å². The number of aryl methyl sites for hydroxylation is 1. The minimum atomic E-state index is -0.694. The van der Waals surface area contributed by atoms with Gasteiger partial charge in [0.05, 0.1) is 6.61 Å². The number of carbonyl (C=O) groups excluding carboxylic acids is 3. The summed E-state index contributed by atoms with van der Waals surface area (Å²) in [5.74, 6) is -0.857. The van der Waals surface area contributed by atoms with Crippen LogP contribution in [0.15, 0.2) is 48.5 Å². The second kappa shape index (κ2) is 12.3. The predicted octanol–water partition coefficient (Wildman–Crippen LogP) is 3.34. The van der Waals surface area contributed by atoms with Crippen molar-refractivity contribution in [1.29, 1.82) is 0 Å². The Morgan fingerprint density at radius 3 is 2.47 bits per heavy atom. The standard InChI is InChI=1S/C23H28N2O5/c1-3-5-13-29-20-11-9-18(10-12-20)23(28)24-15-22(27)30-16-21(26)25-19-8-6-7-17(4-2)14-19/h6-12,14H,3-5,13,15-16H2,1-2H3,(H,24,28)(H,25,26). The maximum absolute atomic E-state index is 12.1. The molecular weight excluding hydrogens is 384 g/mol. The second-order valence-corrected chi connectivity index (χ2v) is 6.67. The van der Waals surface area contributed by atoms with Gasteiger partial charge in [-0.05, 0) is 54.8 Å². The van der Waals surface area contributed by atoms with Crippen molar-refractivity contribution in [3.8, 4) is 5.75 Å². The van der Waals surface area contributed by atoms with Gasteiger partial charge in [-0.3, -0.25) is 14.4 Å². The van der Waals surface area contributed by atoms with Crippen LogP contribution in [0.25, 0.3) is 0 Å². The number of anilines is 1. The third kappa shape index (κ3) is 7.95. The van der Waals surface area contributed by atoms with Crippen LogP contribution in [0.3, 0.4) is 0 Å². The Labute approximate surface area is 176 Å². The molecule has 0 aliphatic rings. The molecule has 2 aromatic rings. The normalized spacial score (nSPS) is 10.2. The number of carbonyl (C=O) groups is 3. The van der Waals surface area contributed by atoms with Gasteiger partial charge in [0.1, 0.15) is 12.3 Å². The summed E-state index contributed by atoms with van der Waals surface area (Å²) in [6, 6.07) is 14.1. The molecule has 160 valence electrons. The van der Waals surface area contributed by atoms with Crippen LogP contribution < -0.4 is 15.4 Å². The summed E-state index contributed by atoms with van der Waals surface area (Å²) in [6.45, 7) is 3.98. The fourth-order valence-electron chi connectivity index (χ4n) is 2.55. The Balaban J connectivity index is 1.70. The molecule has 0 heterocycles. The molecule has 2 rings (SSSR count). The lowest BCUT2D eigenvalue weighted by atomic mass is 10.1. The van der Waals surface area contributed by atoms with Gasteiger partial charge in [0.25, 0.3) is 11.8 Å². The van der Waals surface area contributed by atoms with E-state index in [0.29, 0.717) is 23.6 Å². The number of hydrogen-bond donors (Lipinski definition) is 2. The van der Waals surface area contributed by atoms with Crippen LogP contribution in [0.5, 0.6) is 5.75 Å². The average molecular weight is 412 g/mol. The highest BCUT2D eigenvalue weighted by atomic mass is 16.5. The zero-order valence-electron chi connectivity index (χ0n) is 17.4. The van der Waals surface area contributed by atoms with Gasteiger partial charge in [-0.1, -0.05) is 32.4 Å². The van der Waals surface area contributed by atoms with Crippen LogP contribution in [-0.2, 0) is 20.7 Å². The van der Waals surface area contributed by atoms with Crippen molar-refractivity contribution in [2.45, 2.75) is 33.1 Å². The second-order valence-electron chi connectivity index (χ2n) is 6.67. The van der Waals surface area contributed by atoms with Crippen LogP contribution >= 0.6 is 0 Å². The molecule has 0 unspecified atom stereocenters. The number of benzene rings is 2. The summed E-state index contributed by atoms with van der Waals surface area (Å²) in [5.41, 5.74) is 2.14. The van der Waals surface area contributed by atoms with E-state index in [9.17, 15) is 14.4 Å². The van der Waals surface area contributed by atoms with Gasteiger partial charge in [-0.15, -0.1) is 0 Å². The van der Waals surface area contributed by atoms with Gasteiger partial charge < -0.3 is 20.1 Å². The van der Waals surface area contributed by atoms with Gasteiger partial charge in [0, 0.05) is 11.3 Å². The summed E-state index contributed by atoms with van der Waals surface area (Å²) in [7, 11) is 0. The van der Waals surface area contributed by atoms with E-state index in [2.05, 4.69) is 17.6 Å². The first kappa shape index (κ1) is 22.9. The van der Waals surface area contributed by atoms with Crippen LogP contribution in [-0.4, -0.2) is 37.5 Å². The first-order valence-electron chi connectivity index (χ1n) is 10.1. The number of esters is 1. The minimum Gasteiger partial charge on any atom is -0.494 e. The molecule has 7 heteroatoms. The van der Waals surface area contributed by atoms with Gasteiger partial charge in [0.15, 0.2) is 6.61 Å². The zero-order valence-corrected chi connectivity index (χ0v) is 17.4.